The first-order valence-corrected chi connectivity index (χ1v) is 9.76. The minimum atomic E-state index is -1.43. The Morgan fingerprint density at radius 1 is 1.16 bits per heavy atom. The minimum Gasteiger partial charge on any atom is -0.550 e. The zero-order valence-electron chi connectivity index (χ0n) is 18.4. The maximum atomic E-state index is 12.7. The van der Waals surface area contributed by atoms with E-state index in [0.29, 0.717) is 5.56 Å². The molecule has 0 saturated carbocycles. The van der Waals surface area contributed by atoms with E-state index < -0.39 is 51.8 Å². The van der Waals surface area contributed by atoms with Crippen molar-refractivity contribution < 1.29 is 43.2 Å². The number of quaternary nitrogens is 1. The lowest BCUT2D eigenvalue weighted by atomic mass is 9.99. The average molecular weight is 453 g/mol. The van der Waals surface area contributed by atoms with Gasteiger partial charge >= 0.3 is 18.0 Å². The smallest absolute Gasteiger partial charge is 0.416 e. The minimum absolute atomic E-state index is 0.102. The van der Waals surface area contributed by atoms with Crippen molar-refractivity contribution in [3.05, 3.63) is 39.9 Å². The molecule has 176 valence electrons. The predicted molar refractivity (Wildman–Crippen MR) is 108 cm³/mol. The number of nitrogens with one attached hydrogen (secondary N) is 1. The molecule has 0 spiro atoms. The summed E-state index contributed by atoms with van der Waals surface area (Å²) < 4.78 is 9.60. The number of carboxylic acid groups (broad SMARTS) is 1. The van der Waals surface area contributed by atoms with Crippen molar-refractivity contribution in [3.8, 4) is 0 Å². The van der Waals surface area contributed by atoms with Crippen LogP contribution in [0.25, 0.3) is 0 Å². The van der Waals surface area contributed by atoms with Crippen molar-refractivity contribution in [2.45, 2.75) is 32.3 Å². The Bertz CT molecular complexity index is 836. The second-order valence-electron chi connectivity index (χ2n) is 7.51. The van der Waals surface area contributed by atoms with Gasteiger partial charge in [0.1, 0.15) is 6.54 Å². The quantitative estimate of drug-likeness (QED) is 0.212. The van der Waals surface area contributed by atoms with Gasteiger partial charge < -0.3 is 24.7 Å². The predicted octanol–water partition coefficient (Wildman–Crippen LogP) is 0.0992. The molecule has 2 unspecified atom stereocenters. The van der Waals surface area contributed by atoms with Gasteiger partial charge in [-0.05, 0) is 12.5 Å². The molecule has 0 heterocycles. The monoisotopic (exact) mass is 453 g/mol. The number of esters is 2. The molecule has 1 aromatic carbocycles. The molecule has 12 nitrogen and oxygen atoms in total. The molecule has 0 saturated heterocycles. The molecule has 0 radical (unpaired) electrons. The van der Waals surface area contributed by atoms with Gasteiger partial charge in [0.2, 0.25) is 0 Å². The van der Waals surface area contributed by atoms with E-state index in [4.69, 9.17) is 9.47 Å². The van der Waals surface area contributed by atoms with Gasteiger partial charge in [0.25, 0.3) is 5.69 Å². The molecule has 0 fully saturated rings. The van der Waals surface area contributed by atoms with E-state index in [-0.39, 0.29) is 25.4 Å². The zero-order valence-corrected chi connectivity index (χ0v) is 18.4. The van der Waals surface area contributed by atoms with E-state index in [9.17, 15) is 34.4 Å². The summed E-state index contributed by atoms with van der Waals surface area (Å²) in [5.74, 6) is -3.68. The number of nitro benzene ring substituents is 1. The van der Waals surface area contributed by atoms with Crippen LogP contribution in [0.2, 0.25) is 0 Å². The molecule has 2 atom stereocenters. The summed E-state index contributed by atoms with van der Waals surface area (Å²) in [6.07, 6.45) is -1.67. The molecular weight excluding hydrogens is 426 g/mol. The Labute approximate surface area is 184 Å². The zero-order chi connectivity index (χ0) is 24.5. The SMILES string of the molecule is CCOC(=O)C(CNC(=O)[N+](C)(C)CC(CC(=O)[O-])OC(C)=O)c1ccc([N+](=O)[O-])cc1. The van der Waals surface area contributed by atoms with Crippen molar-refractivity contribution in [1.29, 1.82) is 0 Å². The Hall–Kier alpha value is -3.54. The molecule has 1 N–H and O–H groups in total. The second kappa shape index (κ2) is 11.7. The fraction of sp³-hybridized carbons (Fsp3) is 0.500. The third-order valence-corrected chi connectivity index (χ3v) is 4.47. The van der Waals surface area contributed by atoms with Crippen LogP contribution >= 0.6 is 0 Å². The maximum Gasteiger partial charge on any atom is 0.416 e. The molecule has 0 aromatic heterocycles. The van der Waals surface area contributed by atoms with Crippen LogP contribution in [-0.4, -0.2) is 73.2 Å². The summed E-state index contributed by atoms with van der Waals surface area (Å²) >= 11 is 0. The van der Waals surface area contributed by atoms with Crippen molar-refractivity contribution in [2.75, 3.05) is 33.8 Å². The van der Waals surface area contributed by atoms with Gasteiger partial charge in [-0.2, -0.15) is 0 Å². The van der Waals surface area contributed by atoms with Crippen LogP contribution in [0.15, 0.2) is 24.3 Å². The highest BCUT2D eigenvalue weighted by Crippen LogP contribution is 2.21. The van der Waals surface area contributed by atoms with E-state index in [0.717, 1.165) is 6.92 Å². The van der Waals surface area contributed by atoms with Crippen LogP contribution in [-0.2, 0) is 23.9 Å². The van der Waals surface area contributed by atoms with Crippen molar-refractivity contribution in [1.82, 2.24) is 5.32 Å². The van der Waals surface area contributed by atoms with Gasteiger partial charge in [-0.15, -0.1) is 0 Å². The number of carbonyl (C=O) groups excluding carboxylic acids is 4. The van der Waals surface area contributed by atoms with Crippen LogP contribution in [0.4, 0.5) is 10.5 Å². The number of aliphatic carboxylic acids is 1. The number of likely N-dealkylation sites (N-methyl/N-ethyl adjacent to an activating group) is 1. The number of amides is 2. The first-order chi connectivity index (χ1) is 14.9. The number of nitro groups is 1. The molecule has 32 heavy (non-hydrogen) atoms. The number of benzene rings is 1. The average Bonchev–Trinajstić information content (AvgIpc) is 2.67. The fourth-order valence-corrected chi connectivity index (χ4v) is 2.97. The molecular formula is C20H27N3O9. The Morgan fingerprint density at radius 3 is 2.22 bits per heavy atom. The normalized spacial score (nSPS) is 12.9. The van der Waals surface area contributed by atoms with E-state index in [1.807, 2.05) is 0 Å². The number of urea groups is 1. The van der Waals surface area contributed by atoms with Crippen LogP contribution in [0.3, 0.4) is 0 Å². The van der Waals surface area contributed by atoms with Gasteiger partial charge in [-0.25, -0.2) is 9.28 Å². The van der Waals surface area contributed by atoms with E-state index >= 15 is 0 Å². The first-order valence-electron chi connectivity index (χ1n) is 9.76. The van der Waals surface area contributed by atoms with Crippen LogP contribution in [0.5, 0.6) is 0 Å². The highest BCUT2D eigenvalue weighted by atomic mass is 16.6. The largest absolute Gasteiger partial charge is 0.550 e. The van der Waals surface area contributed by atoms with Gasteiger partial charge in [-0.3, -0.25) is 19.7 Å². The Morgan fingerprint density at radius 2 is 1.75 bits per heavy atom. The number of nitrogens with zero attached hydrogens (tertiary/aromatic N) is 2. The fourth-order valence-electron chi connectivity index (χ4n) is 2.97. The molecule has 2 amide bonds. The third kappa shape index (κ3) is 8.30. The number of non-ortho nitro benzene ring substituents is 1. The highest BCUT2D eigenvalue weighted by molar-refractivity contribution is 5.79. The van der Waals surface area contributed by atoms with E-state index in [1.165, 1.54) is 38.4 Å². The lowest BCUT2D eigenvalue weighted by Crippen LogP contribution is -2.56. The lowest BCUT2D eigenvalue weighted by Gasteiger charge is -2.31. The van der Waals surface area contributed by atoms with Crippen molar-refractivity contribution in [2.24, 2.45) is 0 Å². The van der Waals surface area contributed by atoms with E-state index in [1.54, 1.807) is 6.92 Å². The van der Waals surface area contributed by atoms with Crippen molar-refractivity contribution in [3.63, 3.8) is 0 Å². The van der Waals surface area contributed by atoms with Crippen LogP contribution in [0, 0.1) is 10.1 Å². The van der Waals surface area contributed by atoms with Crippen molar-refractivity contribution >= 4 is 29.6 Å². The number of carboxylic acids is 1. The Balaban J connectivity index is 2.95. The van der Waals surface area contributed by atoms with Gasteiger partial charge in [0.15, 0.2) is 6.10 Å². The standard InChI is InChI=1S/C20H27N3O9/c1-5-31-19(27)17(14-6-8-15(9-7-14)22(29)30)11-21-20(28)23(3,4)12-16(10-18(25)26)32-13(2)24/h6-9,16-17H,5,10-12H2,1-4H3,(H-,21,25,26,28). The second-order valence-corrected chi connectivity index (χ2v) is 7.51. The molecule has 12 heteroatoms. The number of rotatable bonds is 11. The maximum absolute atomic E-state index is 12.7. The molecule has 1 rings (SSSR count). The summed E-state index contributed by atoms with van der Waals surface area (Å²) in [4.78, 5) is 57.6. The first kappa shape index (κ1) is 26.5. The molecule has 0 aliphatic rings. The Kier molecular flexibility index (Phi) is 9.72. The van der Waals surface area contributed by atoms with Gasteiger partial charge in [-0.1, -0.05) is 12.1 Å². The summed E-state index contributed by atoms with van der Waals surface area (Å²) in [6, 6.07) is 4.72. The molecule has 0 bridgehead atoms. The van der Waals surface area contributed by atoms with Crippen LogP contribution in [0.1, 0.15) is 31.7 Å². The lowest BCUT2D eigenvalue weighted by molar-refractivity contribution is -0.812. The van der Waals surface area contributed by atoms with Gasteiger partial charge in [0, 0.05) is 38.0 Å². The number of hydrogen-bond acceptors (Lipinski definition) is 9. The molecule has 0 aliphatic heterocycles. The highest BCUT2D eigenvalue weighted by Gasteiger charge is 2.33. The van der Waals surface area contributed by atoms with E-state index in [2.05, 4.69) is 5.32 Å². The molecule has 1 aromatic rings. The number of carbonyl (C=O) groups is 4. The topological polar surface area (TPSA) is 165 Å². The number of hydrogen-bond donors (Lipinski definition) is 1. The summed E-state index contributed by atoms with van der Waals surface area (Å²) in [6.45, 7) is 2.52. The third-order valence-electron chi connectivity index (χ3n) is 4.47. The van der Waals surface area contributed by atoms with Crippen LogP contribution < -0.4 is 10.4 Å². The number of ether oxygens (including phenoxy) is 2. The molecule has 0 aliphatic carbocycles. The summed E-state index contributed by atoms with van der Waals surface area (Å²) in [7, 11) is 2.96. The van der Waals surface area contributed by atoms with Gasteiger partial charge in [0.05, 0.1) is 31.5 Å². The summed E-state index contributed by atoms with van der Waals surface area (Å²) in [5, 5.41) is 24.4. The summed E-state index contributed by atoms with van der Waals surface area (Å²) in [5.41, 5.74) is 0.261.